The molecule has 0 aromatic heterocycles. The maximum absolute atomic E-state index is 13.8. The van der Waals surface area contributed by atoms with Gasteiger partial charge in [-0.15, -0.1) is 0 Å². The summed E-state index contributed by atoms with van der Waals surface area (Å²) < 4.78 is 38.3. The van der Waals surface area contributed by atoms with Gasteiger partial charge in [0.25, 0.3) is 5.91 Å². The first-order valence-electron chi connectivity index (χ1n) is 8.88. The molecular weight excluding hydrogens is 382 g/mol. The molecule has 0 spiro atoms. The number of aldehydes is 1. The molecule has 0 saturated heterocycles. The summed E-state index contributed by atoms with van der Waals surface area (Å²) in [4.78, 5) is 28.2. The maximum Gasteiger partial charge on any atom is 0.262 e. The van der Waals surface area contributed by atoms with Crippen molar-refractivity contribution in [2.45, 2.75) is 18.9 Å². The second-order valence-electron chi connectivity index (χ2n) is 6.64. The van der Waals surface area contributed by atoms with Gasteiger partial charge in [-0.2, -0.15) is 0 Å². The summed E-state index contributed by atoms with van der Waals surface area (Å²) in [6, 6.07) is 6.21. The molecule has 2 unspecified atom stereocenters. The van der Waals surface area contributed by atoms with Gasteiger partial charge in [0.05, 0.1) is 6.04 Å². The third kappa shape index (κ3) is 3.49. The largest absolute Gasteiger partial charge is 0.454 e. The number of benzene rings is 2. The predicted octanol–water partition coefficient (Wildman–Crippen LogP) is 3.38. The fraction of sp³-hybridized carbons (Fsp3) is 0.190. The molecule has 0 bridgehead atoms. The Morgan fingerprint density at radius 1 is 1.21 bits per heavy atom. The number of aliphatic imine (C=N–C) groups is 1. The maximum atomic E-state index is 13.8. The molecule has 6 nitrogen and oxygen atoms in total. The van der Waals surface area contributed by atoms with Crippen LogP contribution in [0.25, 0.3) is 0 Å². The number of carbonyl (C=O) groups is 2. The Kier molecular flexibility index (Phi) is 4.84. The van der Waals surface area contributed by atoms with Gasteiger partial charge in [0.1, 0.15) is 29.3 Å². The highest BCUT2D eigenvalue weighted by atomic mass is 19.1. The number of amidine groups is 1. The minimum Gasteiger partial charge on any atom is -0.454 e. The highest BCUT2D eigenvalue weighted by molar-refractivity contribution is 6.10. The van der Waals surface area contributed by atoms with E-state index in [1.54, 1.807) is 24.3 Å². The smallest absolute Gasteiger partial charge is 0.262 e. The summed E-state index contributed by atoms with van der Waals surface area (Å²) in [7, 11) is 0. The van der Waals surface area contributed by atoms with Crippen molar-refractivity contribution < 1.29 is 27.8 Å². The first-order valence-corrected chi connectivity index (χ1v) is 8.88. The topological polar surface area (TPSA) is 77.0 Å². The van der Waals surface area contributed by atoms with E-state index in [4.69, 9.17) is 9.47 Å². The van der Waals surface area contributed by atoms with Crippen LogP contribution in [0, 0.1) is 11.6 Å². The van der Waals surface area contributed by atoms with Crippen molar-refractivity contribution in [1.82, 2.24) is 5.32 Å². The summed E-state index contributed by atoms with van der Waals surface area (Å²) in [6.07, 6.45) is 4.05. The second-order valence-corrected chi connectivity index (χ2v) is 6.64. The van der Waals surface area contributed by atoms with E-state index in [2.05, 4.69) is 10.3 Å². The number of amides is 1. The van der Waals surface area contributed by atoms with Crippen molar-refractivity contribution in [3.63, 3.8) is 0 Å². The summed E-state index contributed by atoms with van der Waals surface area (Å²) >= 11 is 0. The van der Waals surface area contributed by atoms with Crippen molar-refractivity contribution in [2.24, 2.45) is 4.99 Å². The molecule has 8 heteroatoms. The number of nitrogens with one attached hydrogen (secondary N) is 1. The summed E-state index contributed by atoms with van der Waals surface area (Å²) in [5.41, 5.74) is 0.492. The Hall–Kier alpha value is -3.55. The first-order chi connectivity index (χ1) is 14.0. The molecule has 1 amide bonds. The van der Waals surface area contributed by atoms with Crippen LogP contribution in [0.3, 0.4) is 0 Å². The molecule has 1 N–H and O–H groups in total. The molecule has 0 fully saturated rings. The molecule has 2 aromatic rings. The quantitative estimate of drug-likeness (QED) is 0.805. The van der Waals surface area contributed by atoms with Crippen LogP contribution in [0.15, 0.2) is 47.5 Å². The lowest BCUT2D eigenvalue weighted by Gasteiger charge is -2.24. The molecule has 29 heavy (non-hydrogen) atoms. The number of halogens is 2. The van der Waals surface area contributed by atoms with E-state index in [1.807, 2.05) is 6.92 Å². The zero-order valence-electron chi connectivity index (χ0n) is 15.3. The molecule has 2 aromatic carbocycles. The van der Waals surface area contributed by atoms with Crippen molar-refractivity contribution in [3.8, 4) is 11.5 Å². The van der Waals surface area contributed by atoms with Crippen LogP contribution in [0.4, 0.5) is 8.78 Å². The van der Waals surface area contributed by atoms with Gasteiger partial charge in [-0.05, 0) is 42.8 Å². The van der Waals surface area contributed by atoms with Crippen molar-refractivity contribution in [1.29, 1.82) is 0 Å². The van der Waals surface area contributed by atoms with E-state index in [0.29, 0.717) is 22.6 Å². The van der Waals surface area contributed by atoms with Crippen LogP contribution in [0.2, 0.25) is 0 Å². The number of nitrogens with zero attached hydrogens (tertiary/aromatic N) is 1. The standard InChI is InChI=1S/C21H16F2N2O4/c1-11-13(14-8-18-17(28-10-29-18)7-12(14)9-26)5-6-19(24-11)25-21(27)20-15(22)3-2-4-16(20)23/h2-9,11,13H,10H2,1H3,(H,24,25,27). The van der Waals surface area contributed by atoms with Crippen molar-refractivity contribution in [2.75, 3.05) is 6.79 Å². The average molecular weight is 398 g/mol. The molecule has 2 atom stereocenters. The van der Waals surface area contributed by atoms with Crippen LogP contribution in [-0.2, 0) is 0 Å². The highest BCUT2D eigenvalue weighted by Gasteiger charge is 2.27. The van der Waals surface area contributed by atoms with Crippen LogP contribution in [-0.4, -0.2) is 30.9 Å². The van der Waals surface area contributed by atoms with Gasteiger partial charge in [-0.3, -0.25) is 14.6 Å². The Morgan fingerprint density at radius 3 is 2.55 bits per heavy atom. The summed E-state index contributed by atoms with van der Waals surface area (Å²) in [6.45, 7) is 1.90. The third-order valence-electron chi connectivity index (χ3n) is 4.82. The number of hydrogen-bond acceptors (Lipinski definition) is 5. The van der Waals surface area contributed by atoms with E-state index in [1.165, 1.54) is 6.07 Å². The molecule has 0 radical (unpaired) electrons. The minimum atomic E-state index is -0.954. The molecule has 4 rings (SSSR count). The zero-order valence-corrected chi connectivity index (χ0v) is 15.3. The summed E-state index contributed by atoms with van der Waals surface area (Å²) in [5, 5.41) is 2.42. The van der Waals surface area contributed by atoms with Crippen LogP contribution in [0.1, 0.15) is 39.1 Å². The Balaban J connectivity index is 1.56. The molecule has 0 saturated carbocycles. The van der Waals surface area contributed by atoms with E-state index < -0.39 is 23.1 Å². The number of dihydropyridines is 1. The van der Waals surface area contributed by atoms with Gasteiger partial charge in [-0.25, -0.2) is 8.78 Å². The summed E-state index contributed by atoms with van der Waals surface area (Å²) in [5.74, 6) is -1.86. The van der Waals surface area contributed by atoms with E-state index in [0.717, 1.165) is 18.4 Å². The van der Waals surface area contributed by atoms with Gasteiger partial charge in [0.15, 0.2) is 11.5 Å². The lowest BCUT2D eigenvalue weighted by atomic mass is 9.87. The van der Waals surface area contributed by atoms with Crippen LogP contribution < -0.4 is 14.8 Å². The van der Waals surface area contributed by atoms with Crippen LogP contribution >= 0.6 is 0 Å². The molecule has 0 aliphatic carbocycles. The Labute approximate surface area is 164 Å². The number of hydrogen-bond donors (Lipinski definition) is 1. The van der Waals surface area contributed by atoms with Gasteiger partial charge in [0, 0.05) is 11.5 Å². The fourth-order valence-corrected chi connectivity index (χ4v) is 3.39. The normalized spacial score (nSPS) is 19.6. The highest BCUT2D eigenvalue weighted by Crippen LogP contribution is 2.39. The third-order valence-corrected chi connectivity index (χ3v) is 4.82. The molecule has 2 heterocycles. The second kappa shape index (κ2) is 7.46. The van der Waals surface area contributed by atoms with Gasteiger partial charge >= 0.3 is 0 Å². The molecular formula is C21H16F2N2O4. The lowest BCUT2D eigenvalue weighted by molar-refractivity contribution is 0.0968. The number of ether oxygens (including phenoxy) is 2. The zero-order chi connectivity index (χ0) is 20.5. The molecule has 2 aliphatic heterocycles. The van der Waals surface area contributed by atoms with E-state index in [9.17, 15) is 18.4 Å². The first kappa shape index (κ1) is 18.8. The fourth-order valence-electron chi connectivity index (χ4n) is 3.39. The van der Waals surface area contributed by atoms with Gasteiger partial charge in [0.2, 0.25) is 6.79 Å². The van der Waals surface area contributed by atoms with Crippen molar-refractivity contribution >= 4 is 18.0 Å². The average Bonchev–Trinajstić information content (AvgIpc) is 3.14. The van der Waals surface area contributed by atoms with Crippen molar-refractivity contribution in [3.05, 3.63) is 70.8 Å². The van der Waals surface area contributed by atoms with E-state index in [-0.39, 0.29) is 24.6 Å². The minimum absolute atomic E-state index is 0.0914. The SMILES string of the molecule is CC1N=C(NC(=O)c2c(F)cccc2F)C=CC1c1cc2c(cc1C=O)OCO2. The molecule has 2 aliphatic rings. The lowest BCUT2D eigenvalue weighted by Crippen LogP contribution is -2.34. The Bertz CT molecular complexity index is 1040. The van der Waals surface area contributed by atoms with Gasteiger partial charge < -0.3 is 14.8 Å². The number of carbonyl (C=O) groups excluding carboxylic acids is 2. The molecule has 148 valence electrons. The van der Waals surface area contributed by atoms with E-state index >= 15 is 0 Å². The van der Waals surface area contributed by atoms with Crippen LogP contribution in [0.5, 0.6) is 11.5 Å². The number of fused-ring (bicyclic) bond motifs is 1. The Morgan fingerprint density at radius 2 is 1.90 bits per heavy atom. The predicted molar refractivity (Wildman–Crippen MR) is 101 cm³/mol. The van der Waals surface area contributed by atoms with Gasteiger partial charge in [-0.1, -0.05) is 12.1 Å². The number of rotatable bonds is 3. The monoisotopic (exact) mass is 398 g/mol.